The number of nitrogens with one attached hydrogen (secondary N) is 1. The molecule has 0 aliphatic rings. The van der Waals surface area contributed by atoms with E-state index in [9.17, 15) is 18.7 Å². The van der Waals surface area contributed by atoms with E-state index >= 15 is 0 Å². The van der Waals surface area contributed by atoms with Crippen LogP contribution in [-0.4, -0.2) is 17.6 Å². The van der Waals surface area contributed by atoms with Gasteiger partial charge in [-0.05, 0) is 30.3 Å². The van der Waals surface area contributed by atoms with Gasteiger partial charge in [-0.15, -0.1) is 0 Å². The first kappa shape index (κ1) is 17.6. The number of alkyl halides is 2. The molecular weight excluding hydrogens is 318 g/mol. The minimum absolute atomic E-state index is 0. The van der Waals surface area contributed by atoms with E-state index in [2.05, 4.69) is 10.1 Å². The van der Waals surface area contributed by atoms with Gasteiger partial charge in [-0.2, -0.15) is 13.3 Å². The highest BCUT2D eigenvalue weighted by Crippen LogP contribution is 2.17. The third kappa shape index (κ3) is 5.53. The zero-order valence-corrected chi connectivity index (χ0v) is 12.0. The average molecular weight is 331 g/mol. The Morgan fingerprint density at radius 3 is 2.55 bits per heavy atom. The van der Waals surface area contributed by atoms with Crippen LogP contribution in [0.25, 0.3) is 0 Å². The van der Waals surface area contributed by atoms with Gasteiger partial charge in [0, 0.05) is 11.8 Å². The van der Waals surface area contributed by atoms with Crippen molar-refractivity contribution >= 4 is 11.6 Å². The highest BCUT2D eigenvalue weighted by Gasteiger charge is 2.10. The van der Waals surface area contributed by atoms with E-state index in [1.807, 2.05) is 0 Å². The van der Waals surface area contributed by atoms with Crippen LogP contribution in [0.3, 0.4) is 0 Å². The van der Waals surface area contributed by atoms with E-state index in [4.69, 9.17) is 0 Å². The molecule has 0 unspecified atom stereocenters. The second kappa shape index (κ2) is 8.14. The molecule has 5 nitrogen and oxygen atoms in total. The molecule has 1 aromatic heterocycles. The van der Waals surface area contributed by atoms with E-state index in [-0.39, 0.29) is 36.4 Å². The molecule has 0 saturated heterocycles. The summed E-state index contributed by atoms with van der Waals surface area (Å²) in [6.45, 7) is -2.86. The van der Waals surface area contributed by atoms with Crippen molar-refractivity contribution in [3.63, 3.8) is 0 Å². The van der Waals surface area contributed by atoms with Crippen LogP contribution >= 0.6 is 0 Å². The molecule has 2 N–H and O–H groups in total. The summed E-state index contributed by atoms with van der Waals surface area (Å²) in [7, 11) is 0. The monoisotopic (exact) mass is 330 g/mol. The van der Waals surface area contributed by atoms with Gasteiger partial charge in [-0.1, -0.05) is 0 Å². The molecule has 0 spiro atoms. The SMILES string of the molecule is O=C(C[n+]1cccc(O)c1)Nc1ccc(OC(F)F)cc1.[Cl-]. The van der Waals surface area contributed by atoms with Gasteiger partial charge >= 0.3 is 6.61 Å². The molecular formula is C14H13ClF2N2O3. The number of hydrogen-bond donors (Lipinski definition) is 2. The Morgan fingerprint density at radius 1 is 1.27 bits per heavy atom. The lowest BCUT2D eigenvalue weighted by Gasteiger charge is -2.06. The fourth-order valence-electron chi connectivity index (χ4n) is 1.69. The molecule has 118 valence electrons. The number of benzene rings is 1. The van der Waals surface area contributed by atoms with Crippen molar-refractivity contribution in [1.82, 2.24) is 0 Å². The Balaban J connectivity index is 0.00000242. The fourth-order valence-corrected chi connectivity index (χ4v) is 1.69. The summed E-state index contributed by atoms with van der Waals surface area (Å²) in [5.74, 6) is -0.239. The molecule has 1 amide bonds. The maximum Gasteiger partial charge on any atom is 0.387 e. The summed E-state index contributed by atoms with van der Waals surface area (Å²) in [5.41, 5.74) is 0.461. The number of nitrogens with zero attached hydrogens (tertiary/aromatic N) is 1. The van der Waals surface area contributed by atoms with Gasteiger partial charge in [0.1, 0.15) is 5.75 Å². The van der Waals surface area contributed by atoms with Crippen LogP contribution in [0.1, 0.15) is 0 Å². The molecule has 0 atom stereocenters. The third-order valence-corrected chi connectivity index (χ3v) is 2.53. The largest absolute Gasteiger partial charge is 1.00 e. The molecule has 0 radical (unpaired) electrons. The van der Waals surface area contributed by atoms with Crippen LogP contribution in [-0.2, 0) is 11.3 Å². The first-order valence-corrected chi connectivity index (χ1v) is 6.06. The Labute approximate surface area is 131 Å². The van der Waals surface area contributed by atoms with Crippen molar-refractivity contribution in [2.45, 2.75) is 13.2 Å². The number of aromatic hydroxyl groups is 1. The van der Waals surface area contributed by atoms with Crippen LogP contribution in [0.15, 0.2) is 48.8 Å². The molecule has 22 heavy (non-hydrogen) atoms. The molecule has 0 saturated carbocycles. The van der Waals surface area contributed by atoms with Crippen molar-refractivity contribution in [3.8, 4) is 11.5 Å². The quantitative estimate of drug-likeness (QED) is 0.686. The summed E-state index contributed by atoms with van der Waals surface area (Å²) in [6, 6.07) is 8.70. The Morgan fingerprint density at radius 2 is 1.95 bits per heavy atom. The van der Waals surface area contributed by atoms with Gasteiger partial charge in [-0.25, -0.2) is 0 Å². The van der Waals surface area contributed by atoms with Crippen molar-refractivity contribution in [1.29, 1.82) is 0 Å². The molecule has 0 aliphatic heterocycles. The maximum absolute atomic E-state index is 12.0. The van der Waals surface area contributed by atoms with Gasteiger partial charge in [-0.3, -0.25) is 4.79 Å². The third-order valence-electron chi connectivity index (χ3n) is 2.53. The lowest BCUT2D eigenvalue weighted by molar-refractivity contribution is -0.684. The van der Waals surface area contributed by atoms with Crippen molar-refractivity contribution in [2.24, 2.45) is 0 Å². The minimum Gasteiger partial charge on any atom is -1.00 e. The van der Waals surface area contributed by atoms with Gasteiger partial charge in [0.2, 0.25) is 12.7 Å². The van der Waals surface area contributed by atoms with Crippen molar-refractivity contribution in [2.75, 3.05) is 5.32 Å². The molecule has 2 rings (SSSR count). The molecule has 0 aliphatic carbocycles. The smallest absolute Gasteiger partial charge is 0.387 e. The number of halogens is 3. The zero-order chi connectivity index (χ0) is 15.2. The Kier molecular flexibility index (Phi) is 6.52. The molecule has 1 heterocycles. The lowest BCUT2D eigenvalue weighted by Crippen LogP contribution is -3.00. The van der Waals surface area contributed by atoms with E-state index in [0.717, 1.165) is 0 Å². The van der Waals surface area contributed by atoms with Gasteiger partial charge in [0.25, 0.3) is 5.91 Å². The Bertz CT molecular complexity index is 624. The number of carbonyl (C=O) groups is 1. The van der Waals surface area contributed by atoms with E-state index in [1.54, 1.807) is 12.3 Å². The second-order valence-electron chi connectivity index (χ2n) is 4.19. The molecule has 8 heteroatoms. The highest BCUT2D eigenvalue weighted by molar-refractivity contribution is 5.89. The van der Waals surface area contributed by atoms with Crippen molar-refractivity contribution in [3.05, 3.63) is 48.8 Å². The highest BCUT2D eigenvalue weighted by atomic mass is 35.5. The zero-order valence-electron chi connectivity index (χ0n) is 11.2. The summed E-state index contributed by atoms with van der Waals surface area (Å²) in [4.78, 5) is 11.8. The Hall–Kier alpha value is -2.41. The van der Waals surface area contributed by atoms with Crippen LogP contribution in [0, 0.1) is 0 Å². The maximum atomic E-state index is 12.0. The number of carbonyl (C=O) groups excluding carboxylic acids is 1. The van der Waals surface area contributed by atoms with E-state index in [0.29, 0.717) is 5.69 Å². The predicted molar refractivity (Wildman–Crippen MR) is 70.0 cm³/mol. The van der Waals surface area contributed by atoms with Gasteiger partial charge in [0.15, 0.2) is 11.9 Å². The number of aromatic nitrogens is 1. The lowest BCUT2D eigenvalue weighted by atomic mass is 10.3. The van der Waals surface area contributed by atoms with Crippen LogP contribution in [0.4, 0.5) is 14.5 Å². The normalized spacial score (nSPS) is 9.95. The number of anilines is 1. The van der Waals surface area contributed by atoms with Crippen LogP contribution in [0.2, 0.25) is 0 Å². The summed E-state index contributed by atoms with van der Waals surface area (Å²) >= 11 is 0. The molecule has 1 aromatic carbocycles. The standard InChI is InChI=1S/C14H12F2N2O3.ClH/c15-14(16)21-12-5-3-10(4-6-12)17-13(20)9-18-7-1-2-11(19)8-18;/h1-8,14H,9H2,(H-,17,19,20);1H. The molecule has 0 fully saturated rings. The fraction of sp³-hybridized carbons (Fsp3) is 0.143. The predicted octanol–water partition coefficient (Wildman–Crippen LogP) is -1.08. The number of rotatable bonds is 5. The van der Waals surface area contributed by atoms with Crippen LogP contribution < -0.4 is 27.0 Å². The van der Waals surface area contributed by atoms with Gasteiger partial charge in [0.05, 0.1) is 0 Å². The van der Waals surface area contributed by atoms with Crippen LogP contribution in [0.5, 0.6) is 11.5 Å². The number of amides is 1. The summed E-state index contributed by atoms with van der Waals surface area (Å²) in [6.07, 6.45) is 3.05. The molecule has 0 bridgehead atoms. The van der Waals surface area contributed by atoms with E-state index < -0.39 is 6.61 Å². The number of hydrogen-bond acceptors (Lipinski definition) is 3. The van der Waals surface area contributed by atoms with Crippen molar-refractivity contribution < 1.29 is 40.4 Å². The van der Waals surface area contributed by atoms with Gasteiger partial charge < -0.3 is 27.6 Å². The topological polar surface area (TPSA) is 62.4 Å². The summed E-state index contributed by atoms with van der Waals surface area (Å²) in [5, 5.41) is 11.9. The minimum atomic E-state index is -2.88. The second-order valence-corrected chi connectivity index (χ2v) is 4.19. The molecule has 2 aromatic rings. The average Bonchev–Trinajstić information content (AvgIpc) is 2.40. The number of pyridine rings is 1. The summed E-state index contributed by atoms with van der Waals surface area (Å²) < 4.78 is 29.7. The first-order valence-electron chi connectivity index (χ1n) is 6.06. The van der Waals surface area contributed by atoms with E-state index in [1.165, 1.54) is 41.1 Å². The number of ether oxygens (including phenoxy) is 1. The first-order chi connectivity index (χ1) is 10.0.